The molecule has 2 aliphatic rings. The highest BCUT2D eigenvalue weighted by molar-refractivity contribution is 6.31. The zero-order chi connectivity index (χ0) is 21.8. The summed E-state index contributed by atoms with van der Waals surface area (Å²) in [5.41, 5.74) is 2.28. The molecule has 2 fully saturated rings. The average Bonchev–Trinajstić information content (AvgIpc) is 3.42. The number of rotatable bonds is 5. The zero-order valence-electron chi connectivity index (χ0n) is 17.1. The van der Waals surface area contributed by atoms with Gasteiger partial charge in [0.05, 0.1) is 5.92 Å². The Kier molecular flexibility index (Phi) is 6.42. The van der Waals surface area contributed by atoms with Gasteiger partial charge >= 0.3 is 6.03 Å². The normalized spacial score (nSPS) is 18.4. The molecule has 1 unspecified atom stereocenters. The topological polar surface area (TPSA) is 81.8 Å². The first-order valence-electron chi connectivity index (χ1n) is 10.5. The van der Waals surface area contributed by atoms with Crippen LogP contribution in [0.5, 0.6) is 0 Å². The van der Waals surface area contributed by atoms with Gasteiger partial charge in [-0.15, -0.1) is 0 Å². The summed E-state index contributed by atoms with van der Waals surface area (Å²) in [7, 11) is 0. The third-order valence-corrected chi connectivity index (χ3v) is 5.89. The molecule has 0 radical (unpaired) electrons. The van der Waals surface area contributed by atoms with E-state index in [0.29, 0.717) is 29.5 Å². The van der Waals surface area contributed by atoms with Crippen molar-refractivity contribution < 1.29 is 14.4 Å². The third kappa shape index (κ3) is 5.17. The summed E-state index contributed by atoms with van der Waals surface area (Å²) in [6, 6.07) is 14.4. The first kappa shape index (κ1) is 21.2. The molecule has 4 amide bonds. The summed E-state index contributed by atoms with van der Waals surface area (Å²) in [5.74, 6) is -0.664. The Morgan fingerprint density at radius 2 is 1.84 bits per heavy atom. The van der Waals surface area contributed by atoms with Crippen LogP contribution in [0.25, 0.3) is 0 Å². The number of carbonyl (C=O) groups is 3. The van der Waals surface area contributed by atoms with Crippen LogP contribution >= 0.6 is 11.6 Å². The maximum Gasteiger partial charge on any atom is 0.321 e. The van der Waals surface area contributed by atoms with Crippen molar-refractivity contribution >= 4 is 40.8 Å². The number of urea groups is 1. The molecule has 2 aromatic carbocycles. The largest absolute Gasteiger partial charge is 0.352 e. The monoisotopic (exact) mass is 440 g/mol. The van der Waals surface area contributed by atoms with Gasteiger partial charge in [-0.05, 0) is 48.7 Å². The average molecular weight is 441 g/mol. The number of nitrogens with zero attached hydrogens (tertiary/aromatic N) is 2. The van der Waals surface area contributed by atoms with Crippen molar-refractivity contribution in [3.8, 4) is 0 Å². The van der Waals surface area contributed by atoms with Crippen LogP contribution in [-0.4, -0.2) is 42.4 Å². The highest BCUT2D eigenvalue weighted by Gasteiger charge is 2.35. The van der Waals surface area contributed by atoms with E-state index < -0.39 is 5.92 Å². The van der Waals surface area contributed by atoms with E-state index in [4.69, 9.17) is 11.6 Å². The molecule has 0 spiro atoms. The van der Waals surface area contributed by atoms with Gasteiger partial charge in [-0.1, -0.05) is 29.8 Å². The predicted molar refractivity (Wildman–Crippen MR) is 120 cm³/mol. The molecule has 0 saturated carbocycles. The van der Waals surface area contributed by atoms with Gasteiger partial charge in [0.15, 0.2) is 0 Å². The van der Waals surface area contributed by atoms with Crippen LogP contribution in [0, 0.1) is 5.92 Å². The summed E-state index contributed by atoms with van der Waals surface area (Å²) in [4.78, 5) is 40.7. The number of amides is 4. The van der Waals surface area contributed by atoms with E-state index in [1.807, 2.05) is 30.3 Å². The van der Waals surface area contributed by atoms with E-state index in [1.165, 1.54) is 0 Å². The summed E-state index contributed by atoms with van der Waals surface area (Å²) in [6.45, 7) is 2.23. The van der Waals surface area contributed by atoms with E-state index in [9.17, 15) is 14.4 Å². The number of benzene rings is 2. The van der Waals surface area contributed by atoms with Gasteiger partial charge in [0, 0.05) is 49.0 Å². The van der Waals surface area contributed by atoms with E-state index in [1.54, 1.807) is 28.0 Å². The minimum Gasteiger partial charge on any atom is -0.352 e. The van der Waals surface area contributed by atoms with Crippen molar-refractivity contribution in [3.63, 3.8) is 0 Å². The van der Waals surface area contributed by atoms with Crippen molar-refractivity contribution in [2.75, 3.05) is 29.9 Å². The van der Waals surface area contributed by atoms with Gasteiger partial charge in [-0.3, -0.25) is 9.59 Å². The van der Waals surface area contributed by atoms with Gasteiger partial charge in [0.1, 0.15) is 0 Å². The Morgan fingerprint density at radius 1 is 1.06 bits per heavy atom. The lowest BCUT2D eigenvalue weighted by Gasteiger charge is -2.17. The number of carbonyl (C=O) groups excluding carboxylic acids is 3. The van der Waals surface area contributed by atoms with Crippen LogP contribution in [0.3, 0.4) is 0 Å². The minimum atomic E-state index is -0.412. The molecule has 162 valence electrons. The number of anilines is 2. The smallest absolute Gasteiger partial charge is 0.321 e. The van der Waals surface area contributed by atoms with Crippen molar-refractivity contribution in [1.29, 1.82) is 0 Å². The van der Waals surface area contributed by atoms with E-state index in [-0.39, 0.29) is 24.3 Å². The molecule has 2 aliphatic heterocycles. The lowest BCUT2D eigenvalue weighted by atomic mass is 10.1. The van der Waals surface area contributed by atoms with E-state index >= 15 is 0 Å². The molecule has 2 N–H and O–H groups in total. The third-order valence-electron chi connectivity index (χ3n) is 5.65. The number of likely N-dealkylation sites (tertiary alicyclic amines) is 1. The van der Waals surface area contributed by atoms with Crippen LogP contribution in [0.15, 0.2) is 48.5 Å². The second-order valence-electron chi connectivity index (χ2n) is 7.93. The summed E-state index contributed by atoms with van der Waals surface area (Å²) in [6.07, 6.45) is 2.25. The van der Waals surface area contributed by atoms with Crippen LogP contribution < -0.4 is 15.5 Å². The fourth-order valence-electron chi connectivity index (χ4n) is 3.99. The van der Waals surface area contributed by atoms with Gasteiger partial charge in [-0.25, -0.2) is 4.79 Å². The predicted octanol–water partition coefficient (Wildman–Crippen LogP) is 3.64. The second kappa shape index (κ2) is 9.39. The van der Waals surface area contributed by atoms with E-state index in [2.05, 4.69) is 10.6 Å². The standard InChI is InChI=1S/C23H25ClN4O3/c24-18-6-4-8-20(13-18)28-15-17(12-21(28)29)22(30)25-14-16-5-3-7-19(11-16)26-23(31)27-9-1-2-10-27/h3-8,11,13,17H,1-2,9-10,12,14-15H2,(H,25,30)(H,26,31). The van der Waals surface area contributed by atoms with Crippen molar-refractivity contribution in [1.82, 2.24) is 10.2 Å². The van der Waals surface area contributed by atoms with E-state index in [0.717, 1.165) is 31.5 Å². The Bertz CT molecular complexity index is 990. The van der Waals surface area contributed by atoms with Crippen LogP contribution in [0.1, 0.15) is 24.8 Å². The molecular formula is C23H25ClN4O3. The molecule has 0 aromatic heterocycles. The minimum absolute atomic E-state index is 0.0889. The number of hydrogen-bond donors (Lipinski definition) is 2. The molecule has 2 aromatic rings. The SMILES string of the molecule is O=C(NCc1cccc(NC(=O)N2CCCC2)c1)C1CC(=O)N(c2cccc(Cl)c2)C1. The number of halogens is 1. The second-order valence-corrected chi connectivity index (χ2v) is 8.36. The highest BCUT2D eigenvalue weighted by Crippen LogP contribution is 2.27. The first-order valence-corrected chi connectivity index (χ1v) is 10.9. The molecule has 4 rings (SSSR count). The van der Waals surface area contributed by atoms with Gasteiger partial charge < -0.3 is 20.4 Å². The fourth-order valence-corrected chi connectivity index (χ4v) is 4.18. The van der Waals surface area contributed by atoms with Crippen molar-refractivity contribution in [3.05, 3.63) is 59.1 Å². The molecule has 8 heteroatoms. The molecule has 2 heterocycles. The van der Waals surface area contributed by atoms with Gasteiger partial charge in [0.25, 0.3) is 0 Å². The summed E-state index contributed by atoms with van der Waals surface area (Å²) < 4.78 is 0. The fraction of sp³-hybridized carbons (Fsp3) is 0.348. The maximum atomic E-state index is 12.7. The van der Waals surface area contributed by atoms with Crippen LogP contribution in [0.2, 0.25) is 5.02 Å². The molecule has 31 heavy (non-hydrogen) atoms. The Balaban J connectivity index is 1.31. The Labute approximate surface area is 186 Å². The number of nitrogens with one attached hydrogen (secondary N) is 2. The number of hydrogen-bond acceptors (Lipinski definition) is 3. The lowest BCUT2D eigenvalue weighted by Crippen LogP contribution is -2.33. The highest BCUT2D eigenvalue weighted by atomic mass is 35.5. The molecule has 0 bridgehead atoms. The quantitative estimate of drug-likeness (QED) is 0.744. The van der Waals surface area contributed by atoms with Crippen LogP contribution in [-0.2, 0) is 16.1 Å². The van der Waals surface area contributed by atoms with Crippen molar-refractivity contribution in [2.24, 2.45) is 5.92 Å². The van der Waals surface area contributed by atoms with Gasteiger partial charge in [0.2, 0.25) is 11.8 Å². The Hall–Kier alpha value is -3.06. The molecule has 0 aliphatic carbocycles. The first-order chi connectivity index (χ1) is 15.0. The van der Waals surface area contributed by atoms with Crippen molar-refractivity contribution in [2.45, 2.75) is 25.8 Å². The van der Waals surface area contributed by atoms with Gasteiger partial charge in [-0.2, -0.15) is 0 Å². The molecular weight excluding hydrogens is 416 g/mol. The summed E-state index contributed by atoms with van der Waals surface area (Å²) in [5, 5.41) is 6.38. The lowest BCUT2D eigenvalue weighted by molar-refractivity contribution is -0.126. The summed E-state index contributed by atoms with van der Waals surface area (Å²) >= 11 is 6.02. The molecule has 7 nitrogen and oxygen atoms in total. The maximum absolute atomic E-state index is 12.7. The van der Waals surface area contributed by atoms with Crippen LogP contribution in [0.4, 0.5) is 16.2 Å². The Morgan fingerprint density at radius 3 is 2.61 bits per heavy atom. The molecule has 1 atom stereocenters. The molecule has 2 saturated heterocycles. The zero-order valence-corrected chi connectivity index (χ0v) is 17.9.